The lowest BCUT2D eigenvalue weighted by molar-refractivity contribution is 0.121. The van der Waals surface area contributed by atoms with Crippen molar-refractivity contribution in [3.05, 3.63) is 77.1 Å². The first-order valence-corrected chi connectivity index (χ1v) is 9.47. The maximum atomic E-state index is 9.13. The summed E-state index contributed by atoms with van der Waals surface area (Å²) in [6.45, 7) is 4.53. The molecule has 4 rings (SSSR count). The Morgan fingerprint density at radius 2 is 1.71 bits per heavy atom. The highest BCUT2D eigenvalue weighted by Crippen LogP contribution is 2.28. The lowest BCUT2D eigenvalue weighted by Gasteiger charge is -2.37. The Morgan fingerprint density at radius 3 is 2.39 bits per heavy atom. The summed E-state index contributed by atoms with van der Waals surface area (Å²) in [5, 5.41) is 21.8. The van der Waals surface area contributed by atoms with Crippen molar-refractivity contribution in [1.29, 1.82) is 5.26 Å². The number of likely N-dealkylation sites (N-methyl/N-ethyl adjacent to an activating group) is 1. The highest BCUT2D eigenvalue weighted by molar-refractivity contribution is 5.35. The van der Waals surface area contributed by atoms with Crippen LogP contribution >= 0.6 is 0 Å². The lowest BCUT2D eigenvalue weighted by Crippen LogP contribution is -2.46. The summed E-state index contributed by atoms with van der Waals surface area (Å²) in [6, 6.07) is 20.1. The van der Waals surface area contributed by atoms with Crippen molar-refractivity contribution in [3.8, 4) is 6.07 Å². The second-order valence-electron chi connectivity index (χ2n) is 7.16. The van der Waals surface area contributed by atoms with Gasteiger partial charge in [-0.25, -0.2) is 4.68 Å². The first-order chi connectivity index (χ1) is 13.7. The zero-order valence-corrected chi connectivity index (χ0v) is 15.9. The van der Waals surface area contributed by atoms with E-state index in [-0.39, 0.29) is 6.04 Å². The zero-order chi connectivity index (χ0) is 19.3. The highest BCUT2D eigenvalue weighted by Gasteiger charge is 2.30. The van der Waals surface area contributed by atoms with Crippen LogP contribution in [0.4, 0.5) is 0 Å². The van der Waals surface area contributed by atoms with Crippen LogP contribution in [0.1, 0.15) is 28.6 Å². The second-order valence-corrected chi connectivity index (χ2v) is 7.16. The third-order valence-corrected chi connectivity index (χ3v) is 5.24. The molecule has 28 heavy (non-hydrogen) atoms. The summed E-state index contributed by atoms with van der Waals surface area (Å²) in [6.07, 6.45) is 0. The van der Waals surface area contributed by atoms with Gasteiger partial charge in [-0.3, -0.25) is 4.90 Å². The fourth-order valence-corrected chi connectivity index (χ4v) is 3.62. The molecule has 1 fully saturated rings. The molecule has 0 aliphatic carbocycles. The van der Waals surface area contributed by atoms with Crippen molar-refractivity contribution < 1.29 is 0 Å². The van der Waals surface area contributed by atoms with Gasteiger partial charge in [0.15, 0.2) is 5.82 Å². The van der Waals surface area contributed by atoms with E-state index in [1.165, 1.54) is 0 Å². The summed E-state index contributed by atoms with van der Waals surface area (Å²) >= 11 is 0. The molecule has 1 saturated heterocycles. The molecule has 2 heterocycles. The van der Waals surface area contributed by atoms with Crippen molar-refractivity contribution in [2.24, 2.45) is 0 Å². The number of hydrogen-bond donors (Lipinski definition) is 0. The molecule has 0 amide bonds. The molecule has 0 spiro atoms. The first kappa shape index (κ1) is 18.3. The average molecular weight is 373 g/mol. The number of aromatic nitrogens is 4. The normalized spacial score (nSPS) is 16.6. The molecule has 7 nitrogen and oxygen atoms in total. The van der Waals surface area contributed by atoms with Crippen molar-refractivity contribution in [2.45, 2.75) is 12.6 Å². The Bertz CT molecular complexity index is 935. The number of hydrogen-bond acceptors (Lipinski definition) is 6. The maximum Gasteiger partial charge on any atom is 0.173 e. The number of tetrazole rings is 1. The second kappa shape index (κ2) is 8.30. The number of nitrogens with zero attached hydrogens (tertiary/aromatic N) is 7. The first-order valence-electron chi connectivity index (χ1n) is 9.47. The molecule has 1 aromatic heterocycles. The smallest absolute Gasteiger partial charge is 0.173 e. The molecule has 1 aliphatic rings. The van der Waals surface area contributed by atoms with Gasteiger partial charge in [0.1, 0.15) is 0 Å². The van der Waals surface area contributed by atoms with Crippen molar-refractivity contribution >= 4 is 0 Å². The molecular weight excluding hydrogens is 350 g/mol. The molecule has 1 atom stereocenters. The van der Waals surface area contributed by atoms with Gasteiger partial charge >= 0.3 is 0 Å². The van der Waals surface area contributed by atoms with E-state index in [2.05, 4.69) is 50.6 Å². The Labute approximate surface area is 164 Å². The standard InChI is InChI=1S/C21H23N7/c1-26-11-13-27(14-12-26)20(19-9-7-17(15-22)8-10-19)21-23-24-25-28(21)16-18-5-3-2-4-6-18/h2-10,20H,11-14,16H2,1H3. The Balaban J connectivity index is 1.69. The van der Waals surface area contributed by atoms with Gasteiger partial charge in [0.25, 0.3) is 0 Å². The predicted octanol–water partition coefficient (Wildman–Crippen LogP) is 1.93. The molecule has 1 aliphatic heterocycles. The minimum atomic E-state index is -0.0415. The summed E-state index contributed by atoms with van der Waals surface area (Å²) in [5.41, 5.74) is 2.92. The molecule has 142 valence electrons. The topological polar surface area (TPSA) is 73.9 Å². The van der Waals surface area contributed by atoms with E-state index in [4.69, 9.17) is 5.26 Å². The molecular formula is C21H23N7. The van der Waals surface area contributed by atoms with Gasteiger partial charge in [-0.05, 0) is 40.7 Å². The van der Waals surface area contributed by atoms with E-state index >= 15 is 0 Å². The van der Waals surface area contributed by atoms with Gasteiger partial charge in [0.05, 0.1) is 24.2 Å². The molecule has 2 aromatic carbocycles. The van der Waals surface area contributed by atoms with E-state index in [1.54, 1.807) is 0 Å². The minimum absolute atomic E-state index is 0.0415. The van der Waals surface area contributed by atoms with E-state index in [0.29, 0.717) is 12.1 Å². The summed E-state index contributed by atoms with van der Waals surface area (Å²) in [4.78, 5) is 4.76. The average Bonchev–Trinajstić information content (AvgIpc) is 3.18. The van der Waals surface area contributed by atoms with Crippen molar-refractivity contribution in [1.82, 2.24) is 30.0 Å². The summed E-state index contributed by atoms with van der Waals surface area (Å²) in [5.74, 6) is 0.832. The fourth-order valence-electron chi connectivity index (χ4n) is 3.62. The third-order valence-electron chi connectivity index (χ3n) is 5.24. The van der Waals surface area contributed by atoms with Crippen LogP contribution in [0.15, 0.2) is 54.6 Å². The van der Waals surface area contributed by atoms with E-state index in [1.807, 2.05) is 47.1 Å². The largest absolute Gasteiger partial charge is 0.304 e. The van der Waals surface area contributed by atoms with Crippen LogP contribution in [0.5, 0.6) is 0 Å². The molecule has 0 radical (unpaired) electrons. The van der Waals surface area contributed by atoms with Crippen LogP contribution in [0.2, 0.25) is 0 Å². The SMILES string of the molecule is CN1CCN(C(c2ccc(C#N)cc2)c2nnnn2Cc2ccccc2)CC1. The monoisotopic (exact) mass is 373 g/mol. The van der Waals surface area contributed by atoms with Crippen LogP contribution in [0.25, 0.3) is 0 Å². The molecule has 3 aromatic rings. The van der Waals surface area contributed by atoms with Crippen LogP contribution in [0.3, 0.4) is 0 Å². The van der Waals surface area contributed by atoms with Gasteiger partial charge in [0, 0.05) is 26.2 Å². The Kier molecular flexibility index (Phi) is 5.42. The van der Waals surface area contributed by atoms with E-state index in [9.17, 15) is 0 Å². The third kappa shape index (κ3) is 3.93. The van der Waals surface area contributed by atoms with Crippen molar-refractivity contribution in [2.75, 3.05) is 33.2 Å². The Morgan fingerprint density at radius 1 is 1.00 bits per heavy atom. The van der Waals surface area contributed by atoms with Crippen LogP contribution in [0, 0.1) is 11.3 Å². The van der Waals surface area contributed by atoms with Gasteiger partial charge in [0.2, 0.25) is 0 Å². The quantitative estimate of drug-likeness (QED) is 0.680. The molecule has 0 N–H and O–H groups in total. The van der Waals surface area contributed by atoms with E-state index in [0.717, 1.165) is 43.1 Å². The molecule has 1 unspecified atom stereocenters. The van der Waals surface area contributed by atoms with Crippen molar-refractivity contribution in [3.63, 3.8) is 0 Å². The number of nitriles is 1. The molecule has 0 saturated carbocycles. The van der Waals surface area contributed by atoms with Crippen LogP contribution in [-0.4, -0.2) is 63.2 Å². The lowest BCUT2D eigenvalue weighted by atomic mass is 10.0. The minimum Gasteiger partial charge on any atom is -0.304 e. The number of rotatable bonds is 5. The van der Waals surface area contributed by atoms with Gasteiger partial charge in [-0.1, -0.05) is 42.5 Å². The number of piperazine rings is 1. The molecule has 0 bridgehead atoms. The van der Waals surface area contributed by atoms with Gasteiger partial charge in [-0.2, -0.15) is 5.26 Å². The highest BCUT2D eigenvalue weighted by atomic mass is 15.6. The van der Waals surface area contributed by atoms with Crippen LogP contribution < -0.4 is 0 Å². The number of benzene rings is 2. The zero-order valence-electron chi connectivity index (χ0n) is 15.9. The van der Waals surface area contributed by atoms with E-state index < -0.39 is 0 Å². The van der Waals surface area contributed by atoms with Gasteiger partial charge in [-0.15, -0.1) is 5.10 Å². The maximum absolute atomic E-state index is 9.13. The summed E-state index contributed by atoms with van der Waals surface area (Å²) in [7, 11) is 2.15. The molecule has 7 heteroatoms. The van der Waals surface area contributed by atoms with Crippen LogP contribution in [-0.2, 0) is 6.54 Å². The fraction of sp³-hybridized carbons (Fsp3) is 0.333. The predicted molar refractivity (Wildman–Crippen MR) is 105 cm³/mol. The summed E-state index contributed by atoms with van der Waals surface area (Å²) < 4.78 is 1.89. The van der Waals surface area contributed by atoms with Gasteiger partial charge < -0.3 is 4.90 Å². The Hall–Kier alpha value is -3.08.